The van der Waals surface area contributed by atoms with E-state index in [0.29, 0.717) is 48.4 Å². The molecule has 0 radical (unpaired) electrons. The molecule has 2 heterocycles. The van der Waals surface area contributed by atoms with Crippen LogP contribution in [0.4, 0.5) is 10.5 Å². The Morgan fingerprint density at radius 1 is 0.857 bits per heavy atom. The van der Waals surface area contributed by atoms with Crippen molar-refractivity contribution in [2.75, 3.05) is 42.8 Å². The van der Waals surface area contributed by atoms with Crippen LogP contribution < -0.4 is 26.0 Å². The van der Waals surface area contributed by atoms with E-state index < -0.39 is 163 Å². The maximum Gasteiger partial charge on any atom is 0.407 e. The minimum Gasteiger partial charge on any atom is -0.507 e. The molecule has 29 nitrogen and oxygen atoms in total. The van der Waals surface area contributed by atoms with Gasteiger partial charge in [0.2, 0.25) is 35.3 Å². The molecule has 2 aliphatic carbocycles. The zero-order valence-corrected chi connectivity index (χ0v) is 53.7. The maximum atomic E-state index is 14.1. The monoisotopic (exact) mass is 1350 g/mol. The Kier molecular flexibility index (Phi) is 24.3. The van der Waals surface area contributed by atoms with E-state index in [1.807, 2.05) is 0 Å². The molecule has 0 bridgehead atoms. The summed E-state index contributed by atoms with van der Waals surface area (Å²) in [6, 6.07) is 7.17. The smallest absolute Gasteiger partial charge is 0.407 e. The van der Waals surface area contributed by atoms with Crippen molar-refractivity contribution in [3.05, 3.63) is 81.4 Å². The number of likely N-dealkylation sites (tertiary alicyclic amines) is 1. The molecule has 1 unspecified atom stereocenters. The van der Waals surface area contributed by atoms with Crippen LogP contribution in [0, 0.1) is 5.92 Å². The van der Waals surface area contributed by atoms with Crippen molar-refractivity contribution in [2.24, 2.45) is 5.92 Å². The van der Waals surface area contributed by atoms with Gasteiger partial charge in [0.05, 0.1) is 47.3 Å². The third-order valence-corrected chi connectivity index (χ3v) is 22.6. The third kappa shape index (κ3) is 17.3. The Morgan fingerprint density at radius 3 is 2.19 bits per heavy atom. The van der Waals surface area contributed by atoms with Crippen molar-refractivity contribution in [3.63, 3.8) is 0 Å². The highest BCUT2D eigenvalue weighted by atomic mass is 32.2. The average molecular weight is 1350 g/mol. The van der Waals surface area contributed by atoms with Crippen molar-refractivity contribution >= 4 is 97.4 Å². The molecule has 33 heteroatoms. The summed E-state index contributed by atoms with van der Waals surface area (Å²) in [5.74, 6) is -6.81. The lowest BCUT2D eigenvalue weighted by molar-refractivity contribution is -0.249. The van der Waals surface area contributed by atoms with Gasteiger partial charge in [-0.25, -0.2) is 4.79 Å². The lowest BCUT2D eigenvalue weighted by atomic mass is 9.72. The third-order valence-electron chi connectivity index (χ3n) is 16.0. The number of ketones is 3. The standard InChI is InChI=1S/C58H75N5O24P2S2/c1-28(2)48(62-40(66)13-7-6-8-18-63-41(67)22-38(56(63)75)91-20-10-19-90-27-43(88(78,79)80)89(81,82)83)55(74)59-29(3)54(73)60-32-16-14-31(15-17-32)26-85-57(76)61-35-21-42(86-30(4)49(35)68)87-37-24-58(77,39(65)25-64)23-34-45(37)53(72)47-46(51(34)70)50(69)33-11-9-12-36(84-5)44(33)52(47)71/h9,11-12,14-17,28-30,35,37-38,42-43,48-49,64,68,70,72,77H,6-8,10,13,18-27H2,1-5H3,(H,59,74)(H,60,73)(H,61,76)(H,62,66)(H2,78,79,80)(H2,81,82,83)/t29-,30-,35-,37-,38?,42-,48-,49+,58-/m0/s1. The summed E-state index contributed by atoms with van der Waals surface area (Å²) in [5.41, 5.74) is -3.68. The van der Waals surface area contributed by atoms with Gasteiger partial charge in [0, 0.05) is 66.8 Å². The number of ether oxygens (including phenoxy) is 4. The number of alkyl carbamates (subject to hydrolysis) is 1. The molecule has 7 rings (SSSR count). The van der Waals surface area contributed by atoms with Gasteiger partial charge in [-0.3, -0.25) is 52.4 Å². The molecule has 2 fully saturated rings. The number of phenolic OH excluding ortho intramolecular Hbond substituents is 2. The van der Waals surface area contributed by atoms with Gasteiger partial charge < -0.3 is 85.3 Å². The highest BCUT2D eigenvalue weighted by Gasteiger charge is 2.51. The fourth-order valence-corrected chi connectivity index (χ4v) is 16.8. The second-order valence-electron chi connectivity index (χ2n) is 22.9. The van der Waals surface area contributed by atoms with Crippen LogP contribution in [0.25, 0.3) is 0 Å². The van der Waals surface area contributed by atoms with E-state index in [4.69, 9.17) is 18.9 Å². The Hall–Kier alpha value is -6.31. The first-order chi connectivity index (χ1) is 42.8. The summed E-state index contributed by atoms with van der Waals surface area (Å²) in [4.78, 5) is 158. The van der Waals surface area contributed by atoms with Gasteiger partial charge >= 0.3 is 21.3 Å². The second kappa shape index (κ2) is 30.6. The molecule has 3 aromatic rings. The number of rotatable bonds is 29. The van der Waals surface area contributed by atoms with E-state index >= 15 is 0 Å². The largest absolute Gasteiger partial charge is 0.507 e. The predicted octanol–water partition coefficient (Wildman–Crippen LogP) is 2.78. The van der Waals surface area contributed by atoms with Crippen molar-refractivity contribution < 1.29 is 116 Å². The summed E-state index contributed by atoms with van der Waals surface area (Å²) >= 11 is 2.22. The summed E-state index contributed by atoms with van der Waals surface area (Å²) in [6.45, 7) is 5.07. The number of hydrogen-bond donors (Lipinski definition) is 13. The summed E-state index contributed by atoms with van der Waals surface area (Å²) in [5, 5.41) is 64.1. The lowest BCUT2D eigenvalue weighted by Crippen LogP contribution is -2.56. The number of Topliss-reactive ketones (excluding diaryl/α,β-unsaturated/α-hetero) is 1. The number of anilines is 1. The first kappa shape index (κ1) is 72.1. The molecule has 13 N–H and O–H groups in total. The van der Waals surface area contributed by atoms with Crippen molar-refractivity contribution in [3.8, 4) is 17.2 Å². The topological polar surface area (TPSA) is 458 Å². The van der Waals surface area contributed by atoms with E-state index in [2.05, 4.69) is 21.3 Å². The zero-order chi connectivity index (χ0) is 67.0. The number of aromatic hydroxyl groups is 2. The van der Waals surface area contributed by atoms with Gasteiger partial charge in [0.15, 0.2) is 23.3 Å². The second-order valence-corrected chi connectivity index (χ2v) is 29.3. The molecular weight excluding hydrogens is 1280 g/mol. The van der Waals surface area contributed by atoms with Gasteiger partial charge in [-0.05, 0) is 74.3 Å². The minimum atomic E-state index is -5.02. The van der Waals surface area contributed by atoms with E-state index in [-0.39, 0.29) is 78.1 Å². The van der Waals surface area contributed by atoms with Crippen LogP contribution in [0.3, 0.4) is 0 Å². The highest BCUT2D eigenvalue weighted by Crippen LogP contribution is 2.61. The Balaban J connectivity index is 0.840. The van der Waals surface area contributed by atoms with Crippen LogP contribution in [0.5, 0.6) is 17.2 Å². The molecule has 498 valence electrons. The van der Waals surface area contributed by atoms with Crippen LogP contribution in [-0.4, -0.2) is 193 Å². The fourth-order valence-electron chi connectivity index (χ4n) is 11.0. The molecule has 0 spiro atoms. The molecule has 6 amide bonds. The van der Waals surface area contributed by atoms with Crippen LogP contribution >= 0.6 is 38.7 Å². The van der Waals surface area contributed by atoms with Crippen molar-refractivity contribution in [1.29, 1.82) is 0 Å². The lowest BCUT2D eigenvalue weighted by Gasteiger charge is -2.42. The number of methoxy groups -OCH3 is 1. The van der Waals surface area contributed by atoms with Crippen molar-refractivity contribution in [1.82, 2.24) is 20.9 Å². The number of fused-ring (bicyclic) bond motifs is 3. The van der Waals surface area contributed by atoms with E-state index in [0.717, 1.165) is 11.8 Å². The molecule has 91 heavy (non-hydrogen) atoms. The summed E-state index contributed by atoms with van der Waals surface area (Å²) in [7, 11) is -8.77. The predicted molar refractivity (Wildman–Crippen MR) is 326 cm³/mol. The van der Waals surface area contributed by atoms with Gasteiger partial charge in [-0.1, -0.05) is 44.5 Å². The van der Waals surface area contributed by atoms with Gasteiger partial charge in [-0.15, -0.1) is 11.8 Å². The number of nitrogens with one attached hydrogen (secondary N) is 4. The Labute approximate surface area is 530 Å². The fraction of sp³-hybridized carbons (Fsp3) is 0.534. The van der Waals surface area contributed by atoms with Gasteiger partial charge in [-0.2, -0.15) is 11.8 Å². The number of carbonyl (C=O) groups is 9. The zero-order valence-electron chi connectivity index (χ0n) is 50.2. The number of amides is 6. The number of benzene rings is 3. The number of carbonyl (C=O) groups excluding carboxylic acids is 9. The van der Waals surface area contributed by atoms with E-state index in [1.165, 1.54) is 68.0 Å². The number of thioether (sulfide) groups is 2. The SMILES string of the molecule is COc1cccc2c1C(=O)c1c(O)c3c(c(O)c1C2=O)C[C@@](O)(C(=O)CO)C[C@@H]3O[C@H]1C[C@H](NC(=O)OCc2ccc(NC(=O)[C@H](C)NC(=O)[C@@H](NC(=O)CCCCCN3C(=O)CC(SCCCSCC(P(=O)(O)O)P(=O)(O)O)C3=O)C(C)C)cc2)[C@H](O)[C@H](C)O1. The van der Waals surface area contributed by atoms with Crippen LogP contribution in [0.15, 0.2) is 42.5 Å². The summed E-state index contributed by atoms with van der Waals surface area (Å²) in [6.07, 6.45) is -6.17. The Morgan fingerprint density at radius 2 is 1.54 bits per heavy atom. The molecule has 3 aromatic carbocycles. The van der Waals surface area contributed by atoms with Crippen LogP contribution in [-0.2, 0) is 65.1 Å². The number of aliphatic hydroxyl groups is 3. The van der Waals surface area contributed by atoms with E-state index in [1.54, 1.807) is 26.0 Å². The first-order valence-corrected chi connectivity index (χ1v) is 34.7. The van der Waals surface area contributed by atoms with Gasteiger partial charge in [0.25, 0.3) is 0 Å². The molecule has 0 saturated carbocycles. The maximum absolute atomic E-state index is 14.1. The minimum absolute atomic E-state index is 0.00317. The Bertz CT molecular complexity index is 3360. The first-order valence-electron chi connectivity index (χ1n) is 29.1. The molecule has 2 saturated heterocycles. The summed E-state index contributed by atoms with van der Waals surface area (Å²) < 4.78 is 45.9. The number of phenols is 2. The molecule has 4 aliphatic rings. The van der Waals surface area contributed by atoms with E-state index in [9.17, 15) is 97.4 Å². The highest BCUT2D eigenvalue weighted by molar-refractivity contribution is 8.01. The number of unbranched alkanes of at least 4 members (excludes halogenated alkanes) is 2. The molecule has 0 aromatic heterocycles. The van der Waals surface area contributed by atoms with Crippen LogP contribution in [0.2, 0.25) is 0 Å². The molecule has 2 aliphatic heterocycles. The molecule has 9 atom stereocenters. The quantitative estimate of drug-likeness (QED) is 0.0161. The number of nitrogens with zero attached hydrogens (tertiary/aromatic N) is 1. The number of imide groups is 1. The number of hydrogen-bond acceptors (Lipinski definition) is 22. The number of aliphatic hydroxyl groups excluding tert-OH is 2. The van der Waals surface area contributed by atoms with Crippen LogP contribution in [0.1, 0.15) is 134 Å². The van der Waals surface area contributed by atoms with Gasteiger partial charge in [0.1, 0.15) is 54.3 Å². The average Bonchev–Trinajstić information content (AvgIpc) is 0.862. The molecular formula is C58H75N5O24P2S2. The normalized spacial score (nSPS) is 22.2. The van der Waals surface area contributed by atoms with Crippen molar-refractivity contribution in [2.45, 2.75) is 151 Å².